The molecule has 0 bridgehead atoms. The number of thiazole rings is 1. The average Bonchev–Trinajstić information content (AvgIpc) is 2.59. The minimum absolute atomic E-state index is 0.0597. The summed E-state index contributed by atoms with van der Waals surface area (Å²) < 4.78 is 0.619. The molecule has 0 spiro atoms. The van der Waals surface area contributed by atoms with Gasteiger partial charge in [0.05, 0.1) is 5.51 Å². The van der Waals surface area contributed by atoms with Crippen molar-refractivity contribution in [1.29, 1.82) is 0 Å². The quantitative estimate of drug-likeness (QED) is 0.797. The number of hydrogen-bond acceptors (Lipinski definition) is 4. The molecule has 0 aromatic carbocycles. The number of amides is 1. The van der Waals surface area contributed by atoms with Crippen LogP contribution in [0.15, 0.2) is 10.1 Å². The van der Waals surface area contributed by atoms with E-state index in [4.69, 9.17) is 0 Å². The van der Waals surface area contributed by atoms with Crippen molar-refractivity contribution in [2.75, 3.05) is 20.1 Å². The van der Waals surface area contributed by atoms with Gasteiger partial charge in [-0.1, -0.05) is 0 Å². The first-order chi connectivity index (χ1) is 6.75. The first-order valence-corrected chi connectivity index (χ1v) is 5.94. The van der Waals surface area contributed by atoms with E-state index in [9.17, 15) is 4.79 Å². The Morgan fingerprint density at radius 3 is 3.00 bits per heavy atom. The molecule has 0 saturated carbocycles. The molecule has 1 heterocycles. The summed E-state index contributed by atoms with van der Waals surface area (Å²) in [6, 6.07) is 0. The van der Waals surface area contributed by atoms with Crippen molar-refractivity contribution >= 4 is 33.2 Å². The maximum absolute atomic E-state index is 11.5. The number of aromatic nitrogens is 1. The number of carbonyl (C=O) groups excluding carboxylic acids is 1. The van der Waals surface area contributed by atoms with Gasteiger partial charge in [-0.05, 0) is 35.9 Å². The third kappa shape index (κ3) is 3.36. The maximum Gasteiger partial charge on any atom is 0.264 e. The largest absolute Gasteiger partial charge is 0.351 e. The Bertz CT molecular complexity index is 303. The first kappa shape index (κ1) is 11.6. The maximum atomic E-state index is 11.5. The highest BCUT2D eigenvalue weighted by Crippen LogP contribution is 2.18. The molecule has 6 heteroatoms. The fourth-order valence-corrected chi connectivity index (χ4v) is 2.22. The van der Waals surface area contributed by atoms with Crippen LogP contribution in [0.2, 0.25) is 0 Å². The molecule has 0 aliphatic carbocycles. The van der Waals surface area contributed by atoms with E-state index in [0.717, 1.165) is 13.0 Å². The molecule has 0 aliphatic heterocycles. The van der Waals surface area contributed by atoms with Gasteiger partial charge in [0, 0.05) is 6.54 Å². The van der Waals surface area contributed by atoms with Crippen LogP contribution < -0.4 is 10.6 Å². The van der Waals surface area contributed by atoms with Gasteiger partial charge in [0.2, 0.25) is 0 Å². The van der Waals surface area contributed by atoms with E-state index in [-0.39, 0.29) is 5.91 Å². The van der Waals surface area contributed by atoms with Crippen LogP contribution in [0.4, 0.5) is 0 Å². The monoisotopic (exact) mass is 277 g/mol. The van der Waals surface area contributed by atoms with Crippen molar-refractivity contribution in [3.8, 4) is 0 Å². The molecule has 0 atom stereocenters. The molecular formula is C8H12BrN3OS. The van der Waals surface area contributed by atoms with E-state index in [0.29, 0.717) is 16.0 Å². The summed E-state index contributed by atoms with van der Waals surface area (Å²) in [6.45, 7) is 1.59. The van der Waals surface area contributed by atoms with Crippen molar-refractivity contribution in [2.24, 2.45) is 0 Å². The molecule has 78 valence electrons. The fourth-order valence-electron chi connectivity index (χ4n) is 0.927. The zero-order valence-corrected chi connectivity index (χ0v) is 10.2. The van der Waals surface area contributed by atoms with Crippen LogP contribution in [0, 0.1) is 0 Å². The number of carbonyl (C=O) groups is 1. The van der Waals surface area contributed by atoms with Gasteiger partial charge < -0.3 is 10.6 Å². The Morgan fingerprint density at radius 2 is 2.43 bits per heavy atom. The summed E-state index contributed by atoms with van der Waals surface area (Å²) in [6.07, 6.45) is 0.929. The minimum Gasteiger partial charge on any atom is -0.351 e. The van der Waals surface area contributed by atoms with E-state index in [1.165, 1.54) is 11.3 Å². The van der Waals surface area contributed by atoms with Gasteiger partial charge in [0.25, 0.3) is 5.91 Å². The van der Waals surface area contributed by atoms with Crippen molar-refractivity contribution < 1.29 is 4.79 Å². The van der Waals surface area contributed by atoms with Gasteiger partial charge in [0.1, 0.15) is 9.48 Å². The summed E-state index contributed by atoms with van der Waals surface area (Å²) in [5.74, 6) is -0.0597. The molecule has 14 heavy (non-hydrogen) atoms. The molecule has 1 amide bonds. The van der Waals surface area contributed by atoms with Crippen LogP contribution in [0.5, 0.6) is 0 Å². The molecule has 0 fully saturated rings. The Morgan fingerprint density at radius 1 is 1.64 bits per heavy atom. The SMILES string of the molecule is CNCCCNC(=O)c1scnc1Br. The molecule has 1 aromatic rings. The lowest BCUT2D eigenvalue weighted by molar-refractivity contribution is 0.0956. The van der Waals surface area contributed by atoms with Gasteiger partial charge in [-0.15, -0.1) is 11.3 Å². The Kier molecular flexibility index (Phi) is 5.06. The zero-order chi connectivity index (χ0) is 10.4. The Labute approximate surface area is 95.2 Å². The summed E-state index contributed by atoms with van der Waals surface area (Å²) in [5, 5.41) is 5.84. The smallest absolute Gasteiger partial charge is 0.264 e. The molecule has 1 aromatic heterocycles. The van der Waals surface area contributed by atoms with E-state index in [2.05, 4.69) is 31.5 Å². The van der Waals surface area contributed by atoms with Gasteiger partial charge >= 0.3 is 0 Å². The lowest BCUT2D eigenvalue weighted by Gasteiger charge is -2.02. The van der Waals surface area contributed by atoms with Crippen molar-refractivity contribution in [1.82, 2.24) is 15.6 Å². The second kappa shape index (κ2) is 6.10. The van der Waals surface area contributed by atoms with Crippen LogP contribution in [0.1, 0.15) is 16.1 Å². The number of hydrogen-bond donors (Lipinski definition) is 2. The van der Waals surface area contributed by atoms with E-state index >= 15 is 0 Å². The van der Waals surface area contributed by atoms with Gasteiger partial charge in [-0.3, -0.25) is 4.79 Å². The first-order valence-electron chi connectivity index (χ1n) is 4.27. The third-order valence-electron chi connectivity index (χ3n) is 1.62. The highest BCUT2D eigenvalue weighted by Gasteiger charge is 2.11. The van der Waals surface area contributed by atoms with Gasteiger partial charge in [0.15, 0.2) is 0 Å². The summed E-state index contributed by atoms with van der Waals surface area (Å²) in [4.78, 5) is 16.1. The zero-order valence-electron chi connectivity index (χ0n) is 7.84. The summed E-state index contributed by atoms with van der Waals surface area (Å²) >= 11 is 4.55. The number of halogens is 1. The van der Waals surface area contributed by atoms with Crippen LogP contribution in [-0.2, 0) is 0 Å². The van der Waals surface area contributed by atoms with E-state index < -0.39 is 0 Å². The molecular weight excluding hydrogens is 266 g/mol. The van der Waals surface area contributed by atoms with Crippen molar-refractivity contribution in [2.45, 2.75) is 6.42 Å². The number of rotatable bonds is 5. The molecule has 0 aliphatic rings. The van der Waals surface area contributed by atoms with Crippen molar-refractivity contribution in [3.05, 3.63) is 15.0 Å². The van der Waals surface area contributed by atoms with Gasteiger partial charge in [-0.25, -0.2) is 4.98 Å². The summed E-state index contributed by atoms with van der Waals surface area (Å²) in [5.41, 5.74) is 1.65. The van der Waals surface area contributed by atoms with Crippen molar-refractivity contribution in [3.63, 3.8) is 0 Å². The lowest BCUT2D eigenvalue weighted by Crippen LogP contribution is -2.26. The highest BCUT2D eigenvalue weighted by molar-refractivity contribution is 9.10. The van der Waals surface area contributed by atoms with E-state index in [1.54, 1.807) is 5.51 Å². The fraction of sp³-hybridized carbons (Fsp3) is 0.500. The molecule has 1 rings (SSSR count). The number of nitrogens with one attached hydrogen (secondary N) is 2. The Hall–Kier alpha value is -0.460. The predicted octanol–water partition coefficient (Wildman–Crippen LogP) is 1.24. The van der Waals surface area contributed by atoms with Crippen LogP contribution >= 0.6 is 27.3 Å². The standard InChI is InChI=1S/C8H12BrN3OS/c1-10-3-2-4-11-8(13)6-7(9)12-5-14-6/h5,10H,2-4H2,1H3,(H,11,13). The molecule has 0 unspecified atom stereocenters. The second-order valence-corrected chi connectivity index (χ2v) is 4.29. The number of nitrogens with zero attached hydrogens (tertiary/aromatic N) is 1. The second-order valence-electron chi connectivity index (χ2n) is 2.69. The summed E-state index contributed by atoms with van der Waals surface area (Å²) in [7, 11) is 1.89. The molecule has 0 radical (unpaired) electrons. The van der Waals surface area contributed by atoms with Gasteiger partial charge in [-0.2, -0.15) is 0 Å². The minimum atomic E-state index is -0.0597. The van der Waals surface area contributed by atoms with Crippen LogP contribution in [0.3, 0.4) is 0 Å². The van der Waals surface area contributed by atoms with Crippen LogP contribution in [0.25, 0.3) is 0 Å². The van der Waals surface area contributed by atoms with Crippen LogP contribution in [-0.4, -0.2) is 31.0 Å². The third-order valence-corrected chi connectivity index (χ3v) is 3.31. The predicted molar refractivity (Wildman–Crippen MR) is 60.7 cm³/mol. The molecule has 2 N–H and O–H groups in total. The lowest BCUT2D eigenvalue weighted by atomic mass is 10.4. The Balaban J connectivity index is 2.32. The molecule has 0 saturated heterocycles. The normalized spacial score (nSPS) is 10.1. The topological polar surface area (TPSA) is 54.0 Å². The average molecular weight is 278 g/mol. The molecule has 4 nitrogen and oxygen atoms in total. The highest BCUT2D eigenvalue weighted by atomic mass is 79.9. The van der Waals surface area contributed by atoms with E-state index in [1.807, 2.05) is 7.05 Å².